The van der Waals surface area contributed by atoms with E-state index in [0.717, 1.165) is 0 Å². The maximum Gasteiger partial charge on any atom is 0.212 e. The lowest BCUT2D eigenvalue weighted by Crippen LogP contribution is -2.44. The number of hydrogen-bond donors (Lipinski definition) is 0. The molecule has 0 amide bonds. The third-order valence-corrected chi connectivity index (χ3v) is 9.21. The van der Waals surface area contributed by atoms with Crippen LogP contribution >= 0.6 is 0 Å². The van der Waals surface area contributed by atoms with Crippen LogP contribution in [0.2, 0.25) is 0 Å². The van der Waals surface area contributed by atoms with Gasteiger partial charge in [0.05, 0.1) is 0 Å². The molecule has 4 aromatic carbocycles. The highest BCUT2D eigenvalue weighted by Crippen LogP contribution is 1.95. The Kier molecular flexibility index (Phi) is 5.99. The first-order chi connectivity index (χ1) is 13.9. The summed E-state index contributed by atoms with van der Waals surface area (Å²) in [5, 5.41) is 5.37. The molecule has 0 aromatic heterocycles. The van der Waals surface area contributed by atoms with E-state index in [1.165, 1.54) is 20.7 Å². The van der Waals surface area contributed by atoms with Crippen molar-refractivity contribution < 1.29 is 0 Å². The smallest absolute Gasteiger partial charge is 0.127 e. The molecule has 0 bridgehead atoms. The SMILES string of the molecule is C(#C[Si](c1ccccc1)c1ccccc1)[Si](c1ccccc1)c1ccccc1. The lowest BCUT2D eigenvalue weighted by atomic mass is 10.4. The molecular formula is C26H20Si2. The molecule has 0 spiro atoms. The fourth-order valence-corrected chi connectivity index (χ4v) is 7.51. The predicted molar refractivity (Wildman–Crippen MR) is 124 cm³/mol. The fraction of sp³-hybridized carbons (Fsp3) is 0. The highest BCUT2D eigenvalue weighted by Gasteiger charge is 2.18. The van der Waals surface area contributed by atoms with Crippen LogP contribution in [0.15, 0.2) is 121 Å². The third kappa shape index (κ3) is 4.40. The van der Waals surface area contributed by atoms with Crippen molar-refractivity contribution >= 4 is 38.3 Å². The average molecular weight is 389 g/mol. The molecule has 0 aliphatic rings. The molecule has 0 aliphatic heterocycles. The van der Waals surface area contributed by atoms with Crippen molar-refractivity contribution in [3.63, 3.8) is 0 Å². The molecule has 28 heavy (non-hydrogen) atoms. The third-order valence-electron chi connectivity index (χ3n) is 4.56. The lowest BCUT2D eigenvalue weighted by Gasteiger charge is -2.12. The zero-order valence-electron chi connectivity index (χ0n) is 15.5. The van der Waals surface area contributed by atoms with Gasteiger partial charge in [-0.2, -0.15) is 0 Å². The average Bonchev–Trinajstić information content (AvgIpc) is 2.79. The van der Waals surface area contributed by atoms with Crippen LogP contribution in [0.1, 0.15) is 0 Å². The van der Waals surface area contributed by atoms with Gasteiger partial charge in [-0.25, -0.2) is 0 Å². The van der Waals surface area contributed by atoms with Gasteiger partial charge in [-0.05, 0) is 20.7 Å². The summed E-state index contributed by atoms with van der Waals surface area (Å²) in [7, 11) is -2.29. The normalized spacial score (nSPS) is 10.5. The van der Waals surface area contributed by atoms with Crippen molar-refractivity contribution in [3.8, 4) is 11.1 Å². The maximum absolute atomic E-state index is 3.75. The van der Waals surface area contributed by atoms with Crippen molar-refractivity contribution in [3.05, 3.63) is 121 Å². The van der Waals surface area contributed by atoms with Gasteiger partial charge in [-0.3, -0.25) is 0 Å². The largest absolute Gasteiger partial charge is 0.212 e. The highest BCUT2D eigenvalue weighted by atomic mass is 28.3. The molecule has 0 saturated carbocycles. The van der Waals surface area contributed by atoms with Crippen molar-refractivity contribution in [2.24, 2.45) is 0 Å². The maximum atomic E-state index is 3.75. The molecule has 2 heteroatoms. The standard InChI is InChI=1S/C26H20Si2/c1-5-13-23(14-6-1)27(24-15-7-2-8-16-24)21-22-28(25-17-9-3-10-18-25)26-19-11-4-12-20-26/h1-20H. The summed E-state index contributed by atoms with van der Waals surface area (Å²) in [6.45, 7) is 0. The molecule has 0 atom stereocenters. The first-order valence-electron chi connectivity index (χ1n) is 9.39. The zero-order chi connectivity index (χ0) is 19.0. The number of benzene rings is 4. The second-order valence-corrected chi connectivity index (χ2v) is 10.8. The Hall–Kier alpha value is -3.13. The molecule has 0 unspecified atom stereocenters. The van der Waals surface area contributed by atoms with E-state index in [2.05, 4.69) is 132 Å². The summed E-state index contributed by atoms with van der Waals surface area (Å²) in [4.78, 5) is 0. The first kappa shape index (κ1) is 18.2. The Labute approximate surface area is 170 Å². The van der Waals surface area contributed by atoms with E-state index in [1.54, 1.807) is 0 Å². The topological polar surface area (TPSA) is 0 Å². The van der Waals surface area contributed by atoms with Crippen LogP contribution in [0.4, 0.5) is 0 Å². The van der Waals surface area contributed by atoms with Gasteiger partial charge in [0, 0.05) is 0 Å². The highest BCUT2D eigenvalue weighted by molar-refractivity contribution is 6.96. The molecule has 4 aromatic rings. The molecule has 0 aliphatic carbocycles. The molecule has 4 rings (SSSR count). The van der Waals surface area contributed by atoms with Crippen LogP contribution in [0, 0.1) is 11.1 Å². The van der Waals surface area contributed by atoms with E-state index in [1.807, 2.05) is 0 Å². The summed E-state index contributed by atoms with van der Waals surface area (Å²) in [5.74, 6) is 0. The van der Waals surface area contributed by atoms with Gasteiger partial charge in [-0.15, -0.1) is 11.1 Å². The summed E-state index contributed by atoms with van der Waals surface area (Å²) < 4.78 is 0. The molecular weight excluding hydrogens is 368 g/mol. The van der Waals surface area contributed by atoms with Crippen molar-refractivity contribution in [2.75, 3.05) is 0 Å². The van der Waals surface area contributed by atoms with Crippen molar-refractivity contribution in [1.82, 2.24) is 0 Å². The monoisotopic (exact) mass is 388 g/mol. The van der Waals surface area contributed by atoms with Gasteiger partial charge < -0.3 is 0 Å². The number of hydrogen-bond acceptors (Lipinski definition) is 0. The van der Waals surface area contributed by atoms with Crippen LogP contribution in [0.3, 0.4) is 0 Å². The molecule has 0 fully saturated rings. The second-order valence-electron chi connectivity index (χ2n) is 6.46. The molecule has 0 heterocycles. The Morgan fingerprint density at radius 3 is 0.750 bits per heavy atom. The van der Waals surface area contributed by atoms with Gasteiger partial charge in [0.1, 0.15) is 0 Å². The quantitative estimate of drug-likeness (QED) is 0.372. The summed E-state index contributed by atoms with van der Waals surface area (Å²) in [5.41, 5.74) is 7.49. The van der Waals surface area contributed by atoms with E-state index in [-0.39, 0.29) is 0 Å². The van der Waals surface area contributed by atoms with Crippen LogP contribution in [0.5, 0.6) is 0 Å². The van der Waals surface area contributed by atoms with Gasteiger partial charge in [0.15, 0.2) is 0 Å². The molecule has 0 N–H and O–H groups in total. The molecule has 0 nitrogen and oxygen atoms in total. The predicted octanol–water partition coefficient (Wildman–Crippen LogP) is 2.69. The van der Waals surface area contributed by atoms with Crippen molar-refractivity contribution in [2.45, 2.75) is 0 Å². The Bertz CT molecular complexity index is 884. The molecule has 0 saturated heterocycles. The fourth-order valence-electron chi connectivity index (χ4n) is 3.17. The van der Waals surface area contributed by atoms with Crippen molar-refractivity contribution in [1.29, 1.82) is 0 Å². The lowest BCUT2D eigenvalue weighted by molar-refractivity contribution is 1.73. The molecule has 132 valence electrons. The van der Waals surface area contributed by atoms with E-state index in [9.17, 15) is 0 Å². The Morgan fingerprint density at radius 2 is 0.536 bits per heavy atom. The summed E-state index contributed by atoms with van der Waals surface area (Å²) in [6.07, 6.45) is 0. The zero-order valence-corrected chi connectivity index (χ0v) is 17.5. The van der Waals surface area contributed by atoms with Crippen LogP contribution in [0.25, 0.3) is 0 Å². The first-order valence-corrected chi connectivity index (χ1v) is 12.4. The van der Waals surface area contributed by atoms with Crippen LogP contribution in [-0.2, 0) is 0 Å². The minimum absolute atomic E-state index is 1.14. The van der Waals surface area contributed by atoms with E-state index < -0.39 is 17.6 Å². The van der Waals surface area contributed by atoms with Crippen LogP contribution < -0.4 is 20.7 Å². The van der Waals surface area contributed by atoms with Gasteiger partial charge in [-0.1, -0.05) is 121 Å². The Balaban J connectivity index is 1.78. The van der Waals surface area contributed by atoms with Gasteiger partial charge in [0.25, 0.3) is 0 Å². The van der Waals surface area contributed by atoms with Crippen LogP contribution in [-0.4, -0.2) is 17.6 Å². The van der Waals surface area contributed by atoms with E-state index in [4.69, 9.17) is 0 Å². The minimum atomic E-state index is -1.14. The number of rotatable bonds is 4. The van der Waals surface area contributed by atoms with E-state index in [0.29, 0.717) is 0 Å². The van der Waals surface area contributed by atoms with E-state index >= 15 is 0 Å². The van der Waals surface area contributed by atoms with Gasteiger partial charge in [0.2, 0.25) is 17.6 Å². The van der Waals surface area contributed by atoms with Gasteiger partial charge >= 0.3 is 0 Å². The summed E-state index contributed by atoms with van der Waals surface area (Å²) in [6, 6.07) is 42.9. The Morgan fingerprint density at radius 1 is 0.321 bits per heavy atom. The minimum Gasteiger partial charge on any atom is -0.127 e. The molecule has 2 radical (unpaired) electrons. The second kappa shape index (κ2) is 9.19. The summed E-state index contributed by atoms with van der Waals surface area (Å²) >= 11 is 0.